The Morgan fingerprint density at radius 2 is 2.45 bits per heavy atom. The minimum absolute atomic E-state index is 0.304. The summed E-state index contributed by atoms with van der Waals surface area (Å²) >= 11 is 0. The van der Waals surface area contributed by atoms with Crippen LogP contribution in [0.3, 0.4) is 0 Å². The minimum atomic E-state index is -0.304. The van der Waals surface area contributed by atoms with E-state index in [0.717, 1.165) is 18.5 Å². The lowest BCUT2D eigenvalue weighted by molar-refractivity contribution is 0.0524. The van der Waals surface area contributed by atoms with Gasteiger partial charge in [-0.1, -0.05) is 0 Å². The molecule has 1 aromatic heterocycles. The van der Waals surface area contributed by atoms with Gasteiger partial charge in [0.05, 0.1) is 30.7 Å². The highest BCUT2D eigenvalue weighted by Gasteiger charge is 2.40. The topological polar surface area (TPSA) is 65.4 Å². The summed E-state index contributed by atoms with van der Waals surface area (Å²) in [6.45, 7) is 2.79. The first-order valence-corrected chi connectivity index (χ1v) is 7.26. The van der Waals surface area contributed by atoms with Crippen molar-refractivity contribution < 1.29 is 14.3 Å². The van der Waals surface area contributed by atoms with E-state index in [0.29, 0.717) is 37.0 Å². The normalized spacial score (nSPS) is 28.0. The second-order valence-corrected chi connectivity index (χ2v) is 5.45. The van der Waals surface area contributed by atoms with Crippen molar-refractivity contribution in [1.82, 2.24) is 15.1 Å². The van der Waals surface area contributed by atoms with Crippen LogP contribution < -0.4 is 5.32 Å². The number of hydrogen-bond acceptors (Lipinski definition) is 5. The summed E-state index contributed by atoms with van der Waals surface area (Å²) in [6, 6.07) is 0.388. The lowest BCUT2D eigenvalue weighted by Crippen LogP contribution is -2.37. The number of hydrogen-bond donors (Lipinski definition) is 1. The Morgan fingerprint density at radius 1 is 1.60 bits per heavy atom. The third-order valence-electron chi connectivity index (χ3n) is 4.19. The van der Waals surface area contributed by atoms with Gasteiger partial charge in [-0.05, 0) is 26.2 Å². The van der Waals surface area contributed by atoms with Crippen molar-refractivity contribution in [2.75, 3.05) is 6.61 Å². The molecule has 110 valence electrons. The van der Waals surface area contributed by atoms with Crippen LogP contribution in [0.15, 0.2) is 6.20 Å². The van der Waals surface area contributed by atoms with Crippen molar-refractivity contribution in [2.45, 2.75) is 51.0 Å². The van der Waals surface area contributed by atoms with E-state index in [2.05, 4.69) is 10.4 Å². The van der Waals surface area contributed by atoms with Crippen LogP contribution in [-0.2, 0) is 23.1 Å². The van der Waals surface area contributed by atoms with Gasteiger partial charge in [0.1, 0.15) is 5.56 Å². The molecule has 3 unspecified atom stereocenters. The number of rotatable bonds is 5. The molecule has 3 atom stereocenters. The molecule has 1 aromatic rings. The third kappa shape index (κ3) is 2.45. The predicted molar refractivity (Wildman–Crippen MR) is 72.3 cm³/mol. The van der Waals surface area contributed by atoms with Gasteiger partial charge in [0.25, 0.3) is 0 Å². The smallest absolute Gasteiger partial charge is 0.341 e. The number of ether oxygens (including phenoxy) is 2. The highest BCUT2D eigenvalue weighted by Crippen LogP contribution is 2.34. The van der Waals surface area contributed by atoms with Gasteiger partial charge in [0, 0.05) is 19.6 Å². The molecule has 0 saturated carbocycles. The molecule has 20 heavy (non-hydrogen) atoms. The maximum absolute atomic E-state index is 11.9. The molecule has 2 saturated heterocycles. The summed E-state index contributed by atoms with van der Waals surface area (Å²) < 4.78 is 12.6. The molecular weight excluding hydrogens is 258 g/mol. The van der Waals surface area contributed by atoms with E-state index in [4.69, 9.17) is 9.47 Å². The fraction of sp³-hybridized carbons (Fsp3) is 0.714. The SMILES string of the molecule is CCOC(=O)c1cnn(C)c1CNC1CC2CCC1O2. The zero-order valence-electron chi connectivity index (χ0n) is 12.0. The van der Waals surface area contributed by atoms with E-state index >= 15 is 0 Å². The molecule has 0 radical (unpaired) electrons. The van der Waals surface area contributed by atoms with Crippen molar-refractivity contribution >= 4 is 5.97 Å². The molecule has 0 amide bonds. The number of carbonyl (C=O) groups is 1. The lowest BCUT2D eigenvalue weighted by atomic mass is 9.95. The highest BCUT2D eigenvalue weighted by molar-refractivity contribution is 5.90. The van der Waals surface area contributed by atoms with Crippen LogP contribution in [0.1, 0.15) is 42.2 Å². The number of carbonyl (C=O) groups excluding carboxylic acids is 1. The second kappa shape index (κ2) is 5.54. The quantitative estimate of drug-likeness (QED) is 0.815. The Labute approximate surface area is 118 Å². The van der Waals surface area contributed by atoms with Gasteiger partial charge in [-0.15, -0.1) is 0 Å². The van der Waals surface area contributed by atoms with E-state index in [9.17, 15) is 4.79 Å². The van der Waals surface area contributed by atoms with Crippen LogP contribution in [-0.4, -0.2) is 40.6 Å². The number of nitrogens with one attached hydrogen (secondary N) is 1. The van der Waals surface area contributed by atoms with E-state index in [-0.39, 0.29) is 5.97 Å². The van der Waals surface area contributed by atoms with Crippen LogP contribution in [0, 0.1) is 0 Å². The van der Waals surface area contributed by atoms with E-state index < -0.39 is 0 Å². The van der Waals surface area contributed by atoms with E-state index in [1.54, 1.807) is 17.8 Å². The molecule has 3 rings (SSSR count). The molecule has 6 heteroatoms. The van der Waals surface area contributed by atoms with Crippen LogP contribution in [0.4, 0.5) is 0 Å². The highest BCUT2D eigenvalue weighted by atomic mass is 16.5. The summed E-state index contributed by atoms with van der Waals surface area (Å²) in [5, 5.41) is 7.66. The van der Waals surface area contributed by atoms with Gasteiger partial charge < -0.3 is 14.8 Å². The molecule has 0 aliphatic carbocycles. The number of nitrogens with zero attached hydrogens (tertiary/aromatic N) is 2. The average molecular weight is 279 g/mol. The van der Waals surface area contributed by atoms with Crippen molar-refractivity contribution in [3.8, 4) is 0 Å². The summed E-state index contributed by atoms with van der Waals surface area (Å²) in [7, 11) is 1.84. The Bertz CT molecular complexity index is 500. The summed E-state index contributed by atoms with van der Waals surface area (Å²) in [5.41, 5.74) is 1.41. The largest absolute Gasteiger partial charge is 0.462 e. The maximum Gasteiger partial charge on any atom is 0.341 e. The number of aromatic nitrogens is 2. The predicted octanol–water partition coefficient (Wildman–Crippen LogP) is 1.01. The molecule has 0 spiro atoms. The fourth-order valence-electron chi connectivity index (χ4n) is 3.13. The first-order chi connectivity index (χ1) is 9.69. The van der Waals surface area contributed by atoms with Crippen LogP contribution in [0.25, 0.3) is 0 Å². The van der Waals surface area contributed by atoms with Gasteiger partial charge >= 0.3 is 5.97 Å². The molecule has 2 aliphatic heterocycles. The molecule has 0 aromatic carbocycles. The molecule has 3 heterocycles. The van der Waals surface area contributed by atoms with Crippen molar-refractivity contribution in [1.29, 1.82) is 0 Å². The third-order valence-corrected chi connectivity index (χ3v) is 4.19. The van der Waals surface area contributed by atoms with Gasteiger partial charge in [0.15, 0.2) is 0 Å². The fourth-order valence-corrected chi connectivity index (χ4v) is 3.13. The van der Waals surface area contributed by atoms with Gasteiger partial charge in [-0.3, -0.25) is 4.68 Å². The van der Waals surface area contributed by atoms with Gasteiger partial charge in [-0.25, -0.2) is 4.79 Å². The molecule has 2 fully saturated rings. The zero-order chi connectivity index (χ0) is 14.1. The number of esters is 1. The summed E-state index contributed by atoms with van der Waals surface area (Å²) in [5.74, 6) is -0.304. The molecule has 6 nitrogen and oxygen atoms in total. The number of fused-ring (bicyclic) bond motifs is 2. The van der Waals surface area contributed by atoms with E-state index in [1.807, 2.05) is 7.05 Å². The van der Waals surface area contributed by atoms with Crippen molar-refractivity contribution in [2.24, 2.45) is 7.05 Å². The Balaban J connectivity index is 1.65. The molecular formula is C14H21N3O3. The maximum atomic E-state index is 11.9. The van der Waals surface area contributed by atoms with Crippen molar-refractivity contribution in [3.05, 3.63) is 17.5 Å². The van der Waals surface area contributed by atoms with Crippen LogP contribution >= 0.6 is 0 Å². The first-order valence-electron chi connectivity index (χ1n) is 7.26. The monoisotopic (exact) mass is 279 g/mol. The Hall–Kier alpha value is -1.40. The summed E-state index contributed by atoms with van der Waals surface area (Å²) in [6.07, 6.45) is 5.72. The Kier molecular flexibility index (Phi) is 3.76. The zero-order valence-corrected chi connectivity index (χ0v) is 12.0. The standard InChI is InChI=1S/C14H21N3O3/c1-3-19-14(18)10-7-16-17(2)12(10)8-15-11-6-9-4-5-13(11)20-9/h7,9,11,13,15H,3-6,8H2,1-2H3. The minimum Gasteiger partial charge on any atom is -0.462 e. The Morgan fingerprint density at radius 3 is 3.10 bits per heavy atom. The van der Waals surface area contributed by atoms with Gasteiger partial charge in [-0.2, -0.15) is 5.10 Å². The molecule has 1 N–H and O–H groups in total. The first kappa shape index (κ1) is 13.6. The average Bonchev–Trinajstić information content (AvgIpc) is 3.12. The number of aryl methyl sites for hydroxylation is 1. The molecule has 2 bridgehead atoms. The van der Waals surface area contributed by atoms with Crippen LogP contribution in [0.2, 0.25) is 0 Å². The summed E-state index contributed by atoms with van der Waals surface area (Å²) in [4.78, 5) is 11.9. The van der Waals surface area contributed by atoms with Crippen molar-refractivity contribution in [3.63, 3.8) is 0 Å². The lowest BCUT2D eigenvalue weighted by Gasteiger charge is -2.20. The van der Waals surface area contributed by atoms with E-state index in [1.165, 1.54) is 6.42 Å². The van der Waals surface area contributed by atoms with Gasteiger partial charge in [0.2, 0.25) is 0 Å². The molecule has 2 aliphatic rings. The second-order valence-electron chi connectivity index (χ2n) is 5.45. The van der Waals surface area contributed by atoms with Crippen LogP contribution in [0.5, 0.6) is 0 Å².